The molecule has 0 saturated carbocycles. The second kappa shape index (κ2) is 9.22. The summed E-state index contributed by atoms with van der Waals surface area (Å²) in [5, 5.41) is 8.59. The fraction of sp³-hybridized carbons (Fsp3) is 0.0800. The lowest BCUT2D eigenvalue weighted by Gasteiger charge is -2.08. The van der Waals surface area contributed by atoms with Crippen molar-refractivity contribution in [2.75, 3.05) is 0 Å². The summed E-state index contributed by atoms with van der Waals surface area (Å²) < 4.78 is 1.80. The first kappa shape index (κ1) is 20.8. The number of amides is 1. The third-order valence-corrected chi connectivity index (χ3v) is 5.98. The van der Waals surface area contributed by atoms with E-state index in [2.05, 4.69) is 15.3 Å². The number of nitrogens with one attached hydrogen (secondary N) is 1. The number of fused-ring (bicyclic) bond motifs is 1. The Balaban J connectivity index is 1.53. The highest BCUT2D eigenvalue weighted by Crippen LogP contribution is 2.28. The van der Waals surface area contributed by atoms with Crippen molar-refractivity contribution in [2.45, 2.75) is 23.4 Å². The molecule has 0 saturated heterocycles. The standard InChI is InChI=1S/C25H20N6OS/c1-17-7-9-18(10-8-17)24-21(16-28-25(32)20-15-26-13-14-27-20)31-22(29-24)11-12-23(30-31)33-19-5-3-2-4-6-19/h2-15H,16H2,1H3,(H,28,32). The lowest BCUT2D eigenvalue weighted by atomic mass is 10.1. The molecule has 162 valence electrons. The topological polar surface area (TPSA) is 85.1 Å². The Bertz CT molecular complexity index is 1400. The Hall–Kier alpha value is -4.04. The van der Waals surface area contributed by atoms with E-state index >= 15 is 0 Å². The maximum absolute atomic E-state index is 12.6. The number of nitrogens with zero attached hydrogens (tertiary/aromatic N) is 5. The van der Waals surface area contributed by atoms with Gasteiger partial charge in [0.15, 0.2) is 5.65 Å². The van der Waals surface area contributed by atoms with E-state index in [1.54, 1.807) is 16.3 Å². The molecule has 3 aromatic heterocycles. The van der Waals surface area contributed by atoms with Crippen LogP contribution >= 0.6 is 11.8 Å². The first-order valence-electron chi connectivity index (χ1n) is 10.4. The van der Waals surface area contributed by atoms with Crippen LogP contribution in [0.3, 0.4) is 0 Å². The molecule has 0 aliphatic carbocycles. The summed E-state index contributed by atoms with van der Waals surface area (Å²) in [6.45, 7) is 2.29. The molecule has 0 aliphatic heterocycles. The number of aromatic nitrogens is 5. The van der Waals surface area contributed by atoms with Crippen molar-refractivity contribution in [3.8, 4) is 11.3 Å². The normalized spacial score (nSPS) is 10.9. The van der Waals surface area contributed by atoms with Gasteiger partial charge in [0.25, 0.3) is 5.91 Å². The van der Waals surface area contributed by atoms with E-state index in [0.717, 1.165) is 26.9 Å². The maximum atomic E-state index is 12.6. The number of hydrogen-bond donors (Lipinski definition) is 1. The van der Waals surface area contributed by atoms with Crippen LogP contribution in [0.5, 0.6) is 0 Å². The zero-order chi connectivity index (χ0) is 22.6. The van der Waals surface area contributed by atoms with Crippen LogP contribution in [0, 0.1) is 6.92 Å². The Morgan fingerprint density at radius 3 is 2.58 bits per heavy atom. The largest absolute Gasteiger partial charge is 0.345 e. The van der Waals surface area contributed by atoms with Crippen molar-refractivity contribution in [2.24, 2.45) is 0 Å². The lowest BCUT2D eigenvalue weighted by molar-refractivity contribution is 0.0945. The molecule has 0 radical (unpaired) electrons. The summed E-state index contributed by atoms with van der Waals surface area (Å²) in [5.74, 6) is -0.303. The minimum Gasteiger partial charge on any atom is -0.345 e. The van der Waals surface area contributed by atoms with Gasteiger partial charge < -0.3 is 5.32 Å². The number of hydrogen-bond acceptors (Lipinski definition) is 6. The summed E-state index contributed by atoms with van der Waals surface area (Å²) in [6.07, 6.45) is 4.47. The summed E-state index contributed by atoms with van der Waals surface area (Å²) in [6, 6.07) is 22.1. The molecule has 0 bridgehead atoms. The predicted molar refractivity (Wildman–Crippen MR) is 127 cm³/mol. The van der Waals surface area contributed by atoms with Gasteiger partial charge in [-0.1, -0.05) is 59.8 Å². The molecular weight excluding hydrogens is 432 g/mol. The average Bonchev–Trinajstić information content (AvgIpc) is 3.22. The van der Waals surface area contributed by atoms with Crippen LogP contribution in [0.2, 0.25) is 0 Å². The summed E-state index contributed by atoms with van der Waals surface area (Å²) in [5.41, 5.74) is 4.68. The van der Waals surface area contributed by atoms with Crippen LogP contribution in [-0.4, -0.2) is 30.5 Å². The zero-order valence-electron chi connectivity index (χ0n) is 17.8. The van der Waals surface area contributed by atoms with Gasteiger partial charge in [-0.25, -0.2) is 14.5 Å². The van der Waals surface area contributed by atoms with E-state index in [0.29, 0.717) is 5.65 Å². The van der Waals surface area contributed by atoms with Crippen LogP contribution in [0.4, 0.5) is 0 Å². The van der Waals surface area contributed by atoms with Gasteiger partial charge in [-0.15, -0.1) is 0 Å². The van der Waals surface area contributed by atoms with Crippen LogP contribution in [-0.2, 0) is 6.54 Å². The maximum Gasteiger partial charge on any atom is 0.271 e. The number of carbonyl (C=O) groups is 1. The van der Waals surface area contributed by atoms with Gasteiger partial charge in [-0.2, -0.15) is 5.10 Å². The zero-order valence-corrected chi connectivity index (χ0v) is 18.7. The van der Waals surface area contributed by atoms with Gasteiger partial charge in [-0.05, 0) is 31.2 Å². The van der Waals surface area contributed by atoms with Crippen molar-refractivity contribution in [3.63, 3.8) is 0 Å². The number of benzene rings is 2. The second-order valence-electron chi connectivity index (χ2n) is 7.40. The SMILES string of the molecule is Cc1ccc(-c2nc3ccc(Sc4ccccc4)nn3c2CNC(=O)c2cnccn2)cc1. The van der Waals surface area contributed by atoms with Gasteiger partial charge >= 0.3 is 0 Å². The lowest BCUT2D eigenvalue weighted by Crippen LogP contribution is -2.25. The van der Waals surface area contributed by atoms with Crippen LogP contribution in [0.25, 0.3) is 16.9 Å². The van der Waals surface area contributed by atoms with E-state index < -0.39 is 0 Å². The van der Waals surface area contributed by atoms with Gasteiger partial charge in [0.05, 0.1) is 24.1 Å². The molecule has 1 N–H and O–H groups in total. The van der Waals surface area contributed by atoms with E-state index in [4.69, 9.17) is 10.1 Å². The Labute approximate surface area is 194 Å². The molecular formula is C25H20N6OS. The number of rotatable bonds is 6. The molecule has 0 atom stereocenters. The molecule has 0 fully saturated rings. The molecule has 0 spiro atoms. The molecule has 3 heterocycles. The van der Waals surface area contributed by atoms with Crippen molar-refractivity contribution in [3.05, 3.63) is 102 Å². The molecule has 7 nitrogen and oxygen atoms in total. The third kappa shape index (κ3) is 4.61. The van der Waals surface area contributed by atoms with Gasteiger partial charge in [0.2, 0.25) is 0 Å². The minimum absolute atomic E-state index is 0.242. The number of imidazole rings is 1. The quantitative estimate of drug-likeness (QED) is 0.406. The average molecular weight is 453 g/mol. The van der Waals surface area contributed by atoms with Crippen molar-refractivity contribution in [1.29, 1.82) is 0 Å². The number of aryl methyl sites for hydroxylation is 1. The number of carbonyl (C=O) groups excluding carboxylic acids is 1. The first-order valence-corrected chi connectivity index (χ1v) is 11.2. The molecule has 5 aromatic rings. The van der Waals surface area contributed by atoms with Crippen LogP contribution < -0.4 is 5.32 Å². The van der Waals surface area contributed by atoms with Crippen LogP contribution in [0.1, 0.15) is 21.7 Å². The van der Waals surface area contributed by atoms with Gasteiger partial charge in [0.1, 0.15) is 10.7 Å². The van der Waals surface area contributed by atoms with Gasteiger partial charge in [-0.3, -0.25) is 9.78 Å². The van der Waals surface area contributed by atoms with E-state index in [-0.39, 0.29) is 18.1 Å². The molecule has 0 unspecified atom stereocenters. The molecule has 8 heteroatoms. The highest BCUT2D eigenvalue weighted by molar-refractivity contribution is 7.99. The van der Waals surface area contributed by atoms with E-state index in [1.807, 2.05) is 73.7 Å². The highest BCUT2D eigenvalue weighted by Gasteiger charge is 2.17. The smallest absolute Gasteiger partial charge is 0.271 e. The minimum atomic E-state index is -0.303. The van der Waals surface area contributed by atoms with E-state index in [9.17, 15) is 4.79 Å². The summed E-state index contributed by atoms with van der Waals surface area (Å²) in [7, 11) is 0. The summed E-state index contributed by atoms with van der Waals surface area (Å²) >= 11 is 1.57. The fourth-order valence-corrected chi connectivity index (χ4v) is 4.19. The van der Waals surface area contributed by atoms with Crippen LogP contribution in [0.15, 0.2) is 95.2 Å². The predicted octanol–water partition coefficient (Wildman–Crippen LogP) is 4.58. The summed E-state index contributed by atoms with van der Waals surface area (Å²) in [4.78, 5) is 26.6. The Kier molecular flexibility index (Phi) is 5.82. The third-order valence-electron chi connectivity index (χ3n) is 5.05. The molecule has 2 aromatic carbocycles. The molecule has 33 heavy (non-hydrogen) atoms. The van der Waals surface area contributed by atoms with Crippen molar-refractivity contribution < 1.29 is 4.79 Å². The molecule has 0 aliphatic rings. The highest BCUT2D eigenvalue weighted by atomic mass is 32.2. The van der Waals surface area contributed by atoms with Crippen molar-refractivity contribution >= 4 is 23.3 Å². The molecule has 5 rings (SSSR count). The van der Waals surface area contributed by atoms with Crippen molar-refractivity contribution in [1.82, 2.24) is 29.9 Å². The Morgan fingerprint density at radius 2 is 1.82 bits per heavy atom. The Morgan fingerprint density at radius 1 is 1.00 bits per heavy atom. The fourth-order valence-electron chi connectivity index (χ4n) is 3.40. The van der Waals surface area contributed by atoms with Gasteiger partial charge in [0, 0.05) is 22.9 Å². The first-order chi connectivity index (χ1) is 16.2. The second-order valence-corrected chi connectivity index (χ2v) is 8.50. The van der Waals surface area contributed by atoms with E-state index in [1.165, 1.54) is 24.2 Å². The molecule has 1 amide bonds. The monoisotopic (exact) mass is 452 g/mol.